The molecule has 4 nitrogen and oxygen atoms in total. The van der Waals surface area contributed by atoms with E-state index in [-0.39, 0.29) is 18.3 Å². The summed E-state index contributed by atoms with van der Waals surface area (Å²) in [5, 5.41) is 3.26. The van der Waals surface area contributed by atoms with E-state index in [1.807, 2.05) is 32.0 Å². The first-order valence-electron chi connectivity index (χ1n) is 7.73. The zero-order valence-corrected chi connectivity index (χ0v) is 14.7. The molecule has 5 heteroatoms. The topological polar surface area (TPSA) is 55.4 Å². The van der Waals surface area contributed by atoms with Crippen LogP contribution in [-0.4, -0.2) is 18.3 Å². The van der Waals surface area contributed by atoms with Crippen molar-refractivity contribution in [3.63, 3.8) is 0 Å². The Labute approximate surface area is 146 Å². The summed E-state index contributed by atoms with van der Waals surface area (Å²) in [5.74, 6) is -0.00360. The monoisotopic (exact) mass is 345 g/mol. The van der Waals surface area contributed by atoms with Gasteiger partial charge >= 0.3 is 0 Å². The van der Waals surface area contributed by atoms with Crippen LogP contribution < -0.4 is 10.1 Å². The van der Waals surface area contributed by atoms with Gasteiger partial charge in [0.1, 0.15) is 5.75 Å². The number of hydrogen-bond acceptors (Lipinski definition) is 3. The van der Waals surface area contributed by atoms with Gasteiger partial charge < -0.3 is 10.1 Å². The van der Waals surface area contributed by atoms with Gasteiger partial charge in [0, 0.05) is 17.1 Å². The Morgan fingerprint density at radius 2 is 1.88 bits per heavy atom. The minimum Gasteiger partial charge on any atom is -0.483 e. The average Bonchev–Trinajstić information content (AvgIpc) is 2.55. The highest BCUT2D eigenvalue weighted by atomic mass is 35.5. The van der Waals surface area contributed by atoms with E-state index in [1.165, 1.54) is 0 Å². The highest BCUT2D eigenvalue weighted by Gasteiger charge is 2.13. The van der Waals surface area contributed by atoms with E-state index < -0.39 is 0 Å². The number of anilines is 1. The van der Waals surface area contributed by atoms with Crippen molar-refractivity contribution in [3.05, 3.63) is 58.1 Å². The lowest BCUT2D eigenvalue weighted by atomic mass is 10.1. The fourth-order valence-electron chi connectivity index (χ4n) is 2.32. The Morgan fingerprint density at radius 1 is 1.12 bits per heavy atom. The summed E-state index contributed by atoms with van der Waals surface area (Å²) in [5.41, 5.74) is 3.25. The molecule has 0 aliphatic rings. The molecule has 2 aromatic carbocycles. The first kappa shape index (κ1) is 18.0. The van der Waals surface area contributed by atoms with Crippen LogP contribution >= 0.6 is 11.6 Å². The third kappa shape index (κ3) is 4.59. The molecule has 0 heterocycles. The predicted octanol–water partition coefficient (Wildman–Crippen LogP) is 4.57. The summed E-state index contributed by atoms with van der Waals surface area (Å²) >= 11 is 5.93. The number of Topliss-reactive ketones (excluding diaryl/α,β-unsaturated/α-hetero) is 1. The Bertz CT molecular complexity index is 771. The minimum atomic E-state index is -0.285. The Balaban J connectivity index is 2.05. The maximum Gasteiger partial charge on any atom is 0.262 e. The first-order chi connectivity index (χ1) is 11.4. The fraction of sp³-hybridized carbons (Fsp3) is 0.263. The number of carbonyl (C=O) groups excluding carboxylic acids is 2. The number of hydrogen-bond donors (Lipinski definition) is 1. The second kappa shape index (κ2) is 7.97. The van der Waals surface area contributed by atoms with Gasteiger partial charge in [-0.05, 0) is 43.7 Å². The third-order valence-electron chi connectivity index (χ3n) is 3.58. The molecule has 1 amide bonds. The molecule has 24 heavy (non-hydrogen) atoms. The van der Waals surface area contributed by atoms with Gasteiger partial charge in [0.2, 0.25) is 0 Å². The Hall–Kier alpha value is -2.33. The summed E-state index contributed by atoms with van der Waals surface area (Å²) in [4.78, 5) is 24.1. The lowest BCUT2D eigenvalue weighted by molar-refractivity contribution is -0.118. The maximum atomic E-state index is 12.1. The molecule has 0 fully saturated rings. The molecule has 0 aliphatic carbocycles. The Morgan fingerprint density at radius 3 is 2.54 bits per heavy atom. The summed E-state index contributed by atoms with van der Waals surface area (Å²) in [6.45, 7) is 5.51. The van der Waals surface area contributed by atoms with Crippen LogP contribution in [0.2, 0.25) is 5.02 Å². The molecule has 2 rings (SSSR count). The summed E-state index contributed by atoms with van der Waals surface area (Å²) in [6, 6.07) is 10.6. The zero-order valence-electron chi connectivity index (χ0n) is 14.0. The van der Waals surface area contributed by atoms with Crippen molar-refractivity contribution < 1.29 is 14.3 Å². The second-order valence-electron chi connectivity index (χ2n) is 5.57. The number of carbonyl (C=O) groups is 2. The quantitative estimate of drug-likeness (QED) is 0.780. The van der Waals surface area contributed by atoms with E-state index in [9.17, 15) is 9.59 Å². The van der Waals surface area contributed by atoms with Crippen molar-refractivity contribution in [2.24, 2.45) is 0 Å². The smallest absolute Gasteiger partial charge is 0.262 e. The number of benzene rings is 2. The molecule has 0 bridgehead atoms. The molecule has 2 aromatic rings. The normalized spacial score (nSPS) is 10.3. The van der Waals surface area contributed by atoms with Crippen LogP contribution in [0.5, 0.6) is 5.75 Å². The SMILES string of the molecule is CCC(=O)c1cc(Cl)ccc1OCC(=O)Nc1ccc(C)cc1C. The standard InChI is InChI=1S/C19H20ClNO3/c1-4-17(22)15-10-14(20)6-8-18(15)24-11-19(23)21-16-7-5-12(2)9-13(16)3/h5-10H,4,11H2,1-3H3,(H,21,23). The molecule has 0 radical (unpaired) electrons. The Kier molecular flexibility index (Phi) is 5.99. The van der Waals surface area contributed by atoms with Crippen LogP contribution in [0, 0.1) is 13.8 Å². The number of amides is 1. The van der Waals surface area contributed by atoms with Crippen LogP contribution in [0.4, 0.5) is 5.69 Å². The van der Waals surface area contributed by atoms with Crippen LogP contribution in [0.15, 0.2) is 36.4 Å². The van der Waals surface area contributed by atoms with E-state index in [0.29, 0.717) is 22.8 Å². The van der Waals surface area contributed by atoms with E-state index in [1.54, 1.807) is 25.1 Å². The third-order valence-corrected chi connectivity index (χ3v) is 3.81. The number of rotatable bonds is 6. The van der Waals surface area contributed by atoms with Gasteiger partial charge in [-0.25, -0.2) is 0 Å². The second-order valence-corrected chi connectivity index (χ2v) is 6.01. The number of ketones is 1. The molecule has 0 saturated heterocycles. The van der Waals surface area contributed by atoms with Gasteiger partial charge in [-0.15, -0.1) is 0 Å². The number of halogens is 1. The molecule has 1 N–H and O–H groups in total. The molecular formula is C19H20ClNO3. The molecular weight excluding hydrogens is 326 g/mol. The van der Waals surface area contributed by atoms with Crippen molar-refractivity contribution >= 4 is 29.0 Å². The molecule has 0 atom stereocenters. The van der Waals surface area contributed by atoms with Crippen molar-refractivity contribution in [1.29, 1.82) is 0 Å². The molecule has 0 aliphatic heterocycles. The average molecular weight is 346 g/mol. The molecule has 0 spiro atoms. The molecule has 0 unspecified atom stereocenters. The lowest BCUT2D eigenvalue weighted by Gasteiger charge is -2.12. The highest BCUT2D eigenvalue weighted by molar-refractivity contribution is 6.31. The van der Waals surface area contributed by atoms with E-state index in [2.05, 4.69) is 5.32 Å². The van der Waals surface area contributed by atoms with Crippen molar-refractivity contribution in [1.82, 2.24) is 0 Å². The zero-order chi connectivity index (χ0) is 17.7. The van der Waals surface area contributed by atoms with Gasteiger partial charge in [0.05, 0.1) is 5.56 Å². The molecule has 126 valence electrons. The van der Waals surface area contributed by atoms with Crippen molar-refractivity contribution in [2.45, 2.75) is 27.2 Å². The van der Waals surface area contributed by atoms with Gasteiger partial charge in [0.15, 0.2) is 12.4 Å². The molecule has 0 saturated carbocycles. The number of ether oxygens (including phenoxy) is 1. The van der Waals surface area contributed by atoms with E-state index in [4.69, 9.17) is 16.3 Å². The van der Waals surface area contributed by atoms with Crippen LogP contribution in [-0.2, 0) is 4.79 Å². The number of nitrogens with one attached hydrogen (secondary N) is 1. The maximum absolute atomic E-state index is 12.1. The van der Waals surface area contributed by atoms with Crippen LogP contribution in [0.3, 0.4) is 0 Å². The van der Waals surface area contributed by atoms with Gasteiger partial charge in [-0.2, -0.15) is 0 Å². The minimum absolute atomic E-state index is 0.0812. The molecule has 0 aromatic heterocycles. The van der Waals surface area contributed by atoms with E-state index >= 15 is 0 Å². The first-order valence-corrected chi connectivity index (χ1v) is 8.11. The van der Waals surface area contributed by atoms with Crippen LogP contribution in [0.25, 0.3) is 0 Å². The summed E-state index contributed by atoms with van der Waals surface area (Å²) in [7, 11) is 0. The fourth-order valence-corrected chi connectivity index (χ4v) is 2.49. The predicted molar refractivity (Wildman–Crippen MR) is 96.1 cm³/mol. The lowest BCUT2D eigenvalue weighted by Crippen LogP contribution is -2.21. The number of aryl methyl sites for hydroxylation is 2. The summed E-state index contributed by atoms with van der Waals surface area (Å²) < 4.78 is 5.52. The van der Waals surface area contributed by atoms with Crippen LogP contribution in [0.1, 0.15) is 34.8 Å². The van der Waals surface area contributed by atoms with Crippen molar-refractivity contribution in [2.75, 3.05) is 11.9 Å². The summed E-state index contributed by atoms with van der Waals surface area (Å²) in [6.07, 6.45) is 0.339. The van der Waals surface area contributed by atoms with E-state index in [0.717, 1.165) is 16.8 Å². The van der Waals surface area contributed by atoms with Gasteiger partial charge in [-0.3, -0.25) is 9.59 Å². The largest absolute Gasteiger partial charge is 0.483 e. The highest BCUT2D eigenvalue weighted by Crippen LogP contribution is 2.24. The van der Waals surface area contributed by atoms with Gasteiger partial charge in [-0.1, -0.05) is 36.2 Å². The van der Waals surface area contributed by atoms with Crippen molar-refractivity contribution in [3.8, 4) is 5.75 Å². The van der Waals surface area contributed by atoms with Gasteiger partial charge in [0.25, 0.3) is 5.91 Å².